The van der Waals surface area contributed by atoms with Gasteiger partial charge in [-0.3, -0.25) is 4.79 Å². The van der Waals surface area contributed by atoms with Crippen LogP contribution in [0, 0.1) is 5.82 Å². The van der Waals surface area contributed by atoms with E-state index < -0.39 is 0 Å². The Labute approximate surface area is 134 Å². The molecule has 0 saturated heterocycles. The van der Waals surface area contributed by atoms with Crippen LogP contribution in [0.3, 0.4) is 0 Å². The molecule has 2 aromatic carbocycles. The molecule has 2 aromatic rings. The molecule has 0 aliphatic carbocycles. The molecule has 0 spiro atoms. The molecule has 0 radical (unpaired) electrons. The molecule has 1 aliphatic rings. The Hall–Kier alpha value is -2.56. The molecule has 1 heterocycles. The first-order valence-corrected chi connectivity index (χ1v) is 7.60. The van der Waals surface area contributed by atoms with Gasteiger partial charge in [-0.15, -0.1) is 0 Å². The second-order valence-corrected chi connectivity index (χ2v) is 5.43. The van der Waals surface area contributed by atoms with Crippen LogP contribution >= 0.6 is 0 Å². The maximum Gasteiger partial charge on any atom is 0.220 e. The molecule has 0 bridgehead atoms. The third kappa shape index (κ3) is 4.22. The first-order chi connectivity index (χ1) is 11.2. The quantitative estimate of drug-likeness (QED) is 0.923. The van der Waals surface area contributed by atoms with Crippen LogP contribution in [-0.4, -0.2) is 25.2 Å². The molecular weight excluding hydrogens is 297 g/mol. The summed E-state index contributed by atoms with van der Waals surface area (Å²) < 4.78 is 24.4. The van der Waals surface area contributed by atoms with Gasteiger partial charge < -0.3 is 14.8 Å². The zero-order chi connectivity index (χ0) is 16.1. The minimum atomic E-state index is -0.283. The SMILES string of the molecule is O=C(CCc1cccc(F)c1)NCC1COc2ccccc2O1. The topological polar surface area (TPSA) is 47.6 Å². The van der Waals surface area contributed by atoms with E-state index in [9.17, 15) is 9.18 Å². The highest BCUT2D eigenvalue weighted by molar-refractivity contribution is 5.76. The summed E-state index contributed by atoms with van der Waals surface area (Å²) >= 11 is 0. The summed E-state index contributed by atoms with van der Waals surface area (Å²) in [7, 11) is 0. The van der Waals surface area contributed by atoms with E-state index in [1.54, 1.807) is 6.07 Å². The summed E-state index contributed by atoms with van der Waals surface area (Å²) in [6.45, 7) is 0.789. The van der Waals surface area contributed by atoms with Crippen LogP contribution in [0.2, 0.25) is 0 Å². The number of fused-ring (bicyclic) bond motifs is 1. The van der Waals surface area contributed by atoms with Gasteiger partial charge in [-0.25, -0.2) is 4.39 Å². The van der Waals surface area contributed by atoms with Crippen molar-refractivity contribution in [3.63, 3.8) is 0 Å². The zero-order valence-electron chi connectivity index (χ0n) is 12.6. The van der Waals surface area contributed by atoms with Gasteiger partial charge in [0.2, 0.25) is 5.91 Å². The number of carbonyl (C=O) groups is 1. The van der Waals surface area contributed by atoms with Crippen LogP contribution in [0.25, 0.3) is 0 Å². The van der Waals surface area contributed by atoms with Crippen molar-refractivity contribution in [2.24, 2.45) is 0 Å². The van der Waals surface area contributed by atoms with Gasteiger partial charge in [-0.2, -0.15) is 0 Å². The molecule has 1 aliphatic heterocycles. The van der Waals surface area contributed by atoms with Crippen molar-refractivity contribution >= 4 is 5.91 Å². The molecule has 1 atom stereocenters. The fraction of sp³-hybridized carbons (Fsp3) is 0.278. The zero-order valence-corrected chi connectivity index (χ0v) is 12.6. The van der Waals surface area contributed by atoms with Gasteiger partial charge in [-0.05, 0) is 36.2 Å². The number of amides is 1. The third-order valence-corrected chi connectivity index (χ3v) is 3.62. The highest BCUT2D eigenvalue weighted by Crippen LogP contribution is 2.30. The van der Waals surface area contributed by atoms with E-state index in [1.165, 1.54) is 12.1 Å². The number of halogens is 1. The van der Waals surface area contributed by atoms with Crippen molar-refractivity contribution < 1.29 is 18.7 Å². The van der Waals surface area contributed by atoms with E-state index >= 15 is 0 Å². The lowest BCUT2D eigenvalue weighted by Crippen LogP contribution is -2.40. The molecular formula is C18H18FNO3. The third-order valence-electron chi connectivity index (χ3n) is 3.62. The number of carbonyl (C=O) groups excluding carboxylic acids is 1. The molecule has 1 amide bonds. The molecule has 0 saturated carbocycles. The lowest BCUT2D eigenvalue weighted by atomic mass is 10.1. The van der Waals surface area contributed by atoms with Crippen LogP contribution < -0.4 is 14.8 Å². The molecule has 1 N–H and O–H groups in total. The summed E-state index contributed by atoms with van der Waals surface area (Å²) in [5, 5.41) is 2.83. The van der Waals surface area contributed by atoms with Gasteiger partial charge in [0.25, 0.3) is 0 Å². The summed E-state index contributed by atoms with van der Waals surface area (Å²) in [6.07, 6.45) is 0.616. The number of rotatable bonds is 5. The van der Waals surface area contributed by atoms with Crippen molar-refractivity contribution in [3.8, 4) is 11.5 Å². The monoisotopic (exact) mass is 315 g/mol. The number of para-hydroxylation sites is 2. The highest BCUT2D eigenvalue weighted by atomic mass is 19.1. The Bertz CT molecular complexity index is 689. The van der Waals surface area contributed by atoms with E-state index in [4.69, 9.17) is 9.47 Å². The van der Waals surface area contributed by atoms with Crippen LogP contribution in [0.1, 0.15) is 12.0 Å². The number of hydrogen-bond donors (Lipinski definition) is 1. The van der Waals surface area contributed by atoms with Gasteiger partial charge in [0.05, 0.1) is 6.54 Å². The van der Waals surface area contributed by atoms with Crippen molar-refractivity contribution in [3.05, 3.63) is 59.9 Å². The van der Waals surface area contributed by atoms with Gasteiger partial charge >= 0.3 is 0 Å². The number of hydrogen-bond acceptors (Lipinski definition) is 3. The predicted molar refractivity (Wildman–Crippen MR) is 84.1 cm³/mol. The number of nitrogens with one attached hydrogen (secondary N) is 1. The average Bonchev–Trinajstić information content (AvgIpc) is 2.58. The minimum Gasteiger partial charge on any atom is -0.486 e. The highest BCUT2D eigenvalue weighted by Gasteiger charge is 2.20. The maximum absolute atomic E-state index is 13.1. The van der Waals surface area contributed by atoms with Gasteiger partial charge in [0.1, 0.15) is 18.5 Å². The summed E-state index contributed by atoms with van der Waals surface area (Å²) in [5.74, 6) is 1.05. The molecule has 0 fully saturated rings. The molecule has 23 heavy (non-hydrogen) atoms. The van der Waals surface area contributed by atoms with Crippen LogP contribution in [0.15, 0.2) is 48.5 Å². The largest absolute Gasteiger partial charge is 0.486 e. The summed E-state index contributed by atoms with van der Waals surface area (Å²) in [5.41, 5.74) is 0.811. The van der Waals surface area contributed by atoms with E-state index in [-0.39, 0.29) is 17.8 Å². The number of aryl methyl sites for hydroxylation is 1. The second kappa shape index (κ2) is 7.13. The smallest absolute Gasteiger partial charge is 0.220 e. The Kier molecular flexibility index (Phi) is 4.76. The van der Waals surface area contributed by atoms with Gasteiger partial charge in [0.15, 0.2) is 11.5 Å². The first-order valence-electron chi connectivity index (χ1n) is 7.60. The summed E-state index contributed by atoms with van der Waals surface area (Å²) in [6, 6.07) is 13.7. The van der Waals surface area contributed by atoms with Crippen LogP contribution in [-0.2, 0) is 11.2 Å². The van der Waals surface area contributed by atoms with E-state index in [0.29, 0.717) is 31.7 Å². The van der Waals surface area contributed by atoms with E-state index in [0.717, 1.165) is 11.3 Å². The van der Waals surface area contributed by atoms with Crippen LogP contribution in [0.5, 0.6) is 11.5 Å². The average molecular weight is 315 g/mol. The van der Waals surface area contributed by atoms with E-state index in [1.807, 2.05) is 30.3 Å². The van der Waals surface area contributed by atoms with Crippen molar-refractivity contribution in [2.75, 3.05) is 13.2 Å². The predicted octanol–water partition coefficient (Wildman–Crippen LogP) is 2.71. The Morgan fingerprint density at radius 2 is 2.00 bits per heavy atom. The molecule has 0 aromatic heterocycles. The Balaban J connectivity index is 1.43. The lowest BCUT2D eigenvalue weighted by molar-refractivity contribution is -0.121. The maximum atomic E-state index is 13.1. The molecule has 120 valence electrons. The molecule has 5 heteroatoms. The molecule has 3 rings (SSSR count). The minimum absolute atomic E-state index is 0.0864. The molecule has 4 nitrogen and oxygen atoms in total. The van der Waals surface area contributed by atoms with Crippen molar-refractivity contribution in [1.29, 1.82) is 0 Å². The normalized spacial score (nSPS) is 16.0. The standard InChI is InChI=1S/C18H18FNO3/c19-14-5-3-4-13(10-14)8-9-18(21)20-11-15-12-22-16-6-1-2-7-17(16)23-15/h1-7,10,15H,8-9,11-12H2,(H,20,21). The fourth-order valence-corrected chi connectivity index (χ4v) is 2.43. The summed E-state index contributed by atoms with van der Waals surface area (Å²) in [4.78, 5) is 11.9. The second-order valence-electron chi connectivity index (χ2n) is 5.43. The van der Waals surface area contributed by atoms with E-state index in [2.05, 4.69) is 5.32 Å². The fourth-order valence-electron chi connectivity index (χ4n) is 2.43. The van der Waals surface area contributed by atoms with Gasteiger partial charge in [0, 0.05) is 6.42 Å². The van der Waals surface area contributed by atoms with Crippen molar-refractivity contribution in [1.82, 2.24) is 5.32 Å². The lowest BCUT2D eigenvalue weighted by Gasteiger charge is -2.26. The number of ether oxygens (including phenoxy) is 2. The molecule has 1 unspecified atom stereocenters. The Morgan fingerprint density at radius 1 is 1.17 bits per heavy atom. The van der Waals surface area contributed by atoms with Gasteiger partial charge in [-0.1, -0.05) is 24.3 Å². The first kappa shape index (κ1) is 15.3. The number of benzene rings is 2. The van der Waals surface area contributed by atoms with Crippen molar-refractivity contribution in [2.45, 2.75) is 18.9 Å². The van der Waals surface area contributed by atoms with Crippen LogP contribution in [0.4, 0.5) is 4.39 Å². The Morgan fingerprint density at radius 3 is 2.83 bits per heavy atom.